The Morgan fingerprint density at radius 1 is 0.310 bits per heavy atom. The molecule has 9 aromatic carbocycles. The van der Waals surface area contributed by atoms with E-state index < -0.39 is 0 Å². The van der Waals surface area contributed by atoms with E-state index in [0.29, 0.717) is 11.8 Å². The Balaban J connectivity index is 1.11. The molecule has 0 saturated carbocycles. The van der Waals surface area contributed by atoms with Gasteiger partial charge in [0.15, 0.2) is 0 Å². The van der Waals surface area contributed by atoms with Crippen molar-refractivity contribution in [3.63, 3.8) is 0 Å². The summed E-state index contributed by atoms with van der Waals surface area (Å²) in [6.07, 6.45) is 0. The lowest BCUT2D eigenvalue weighted by atomic mass is 9.83. The predicted molar refractivity (Wildman–Crippen MR) is 182 cm³/mol. The van der Waals surface area contributed by atoms with Crippen molar-refractivity contribution in [2.45, 2.75) is 25.7 Å². The smallest absolute Gasteiger partial charge is 0.00671 e. The third-order valence-corrected chi connectivity index (χ3v) is 9.99. The summed E-state index contributed by atoms with van der Waals surface area (Å²) in [6, 6.07) is 50.3. The van der Waals surface area contributed by atoms with Crippen molar-refractivity contribution in [1.29, 1.82) is 0 Å². The maximum Gasteiger partial charge on any atom is 0.00671 e. The molecule has 0 aliphatic heterocycles. The molecule has 0 aromatic heterocycles. The summed E-state index contributed by atoms with van der Waals surface area (Å²) in [5.74, 6) is 0.599. The number of hydrogen-bond acceptors (Lipinski definition) is 0. The van der Waals surface area contributed by atoms with E-state index >= 15 is 0 Å². The SMILES string of the molecule is CC(c1ccc(C(C)c2ccc3ccc4cccc5ccc2c3c45)cc1)c1ccc2ccc3cccc4ccc1c2c34. The van der Waals surface area contributed by atoms with Crippen molar-refractivity contribution in [2.24, 2.45) is 0 Å². The van der Waals surface area contributed by atoms with Crippen LogP contribution in [0.3, 0.4) is 0 Å². The highest BCUT2D eigenvalue weighted by molar-refractivity contribution is 6.24. The van der Waals surface area contributed by atoms with Crippen LogP contribution >= 0.6 is 0 Å². The quantitative estimate of drug-likeness (QED) is 0.197. The number of benzene rings is 9. The van der Waals surface area contributed by atoms with Crippen molar-refractivity contribution >= 4 is 64.6 Å². The molecule has 0 bridgehead atoms. The van der Waals surface area contributed by atoms with Gasteiger partial charge in [0.1, 0.15) is 0 Å². The van der Waals surface area contributed by atoms with Gasteiger partial charge in [-0.3, -0.25) is 0 Å². The number of rotatable bonds is 4. The molecule has 0 fully saturated rings. The molecule has 9 aromatic rings. The van der Waals surface area contributed by atoms with Crippen LogP contribution in [0.15, 0.2) is 133 Å². The Hall–Kier alpha value is -4.94. The molecule has 9 rings (SSSR count). The molecule has 0 aliphatic rings. The number of hydrogen-bond donors (Lipinski definition) is 0. The summed E-state index contributed by atoms with van der Waals surface area (Å²) < 4.78 is 0. The molecule has 0 nitrogen and oxygen atoms in total. The van der Waals surface area contributed by atoms with Crippen LogP contribution in [-0.4, -0.2) is 0 Å². The fraction of sp³-hybridized carbons (Fsp3) is 0.0952. The van der Waals surface area contributed by atoms with Gasteiger partial charge >= 0.3 is 0 Å². The topological polar surface area (TPSA) is 0 Å². The van der Waals surface area contributed by atoms with Gasteiger partial charge in [-0.2, -0.15) is 0 Å². The highest BCUT2D eigenvalue weighted by atomic mass is 14.2. The minimum absolute atomic E-state index is 0.300. The molecule has 2 atom stereocenters. The Labute approximate surface area is 245 Å². The highest BCUT2D eigenvalue weighted by Gasteiger charge is 2.18. The average Bonchev–Trinajstić information content (AvgIpc) is 3.05. The van der Waals surface area contributed by atoms with Crippen LogP contribution in [-0.2, 0) is 0 Å². The highest BCUT2D eigenvalue weighted by Crippen LogP contribution is 2.41. The van der Waals surface area contributed by atoms with Crippen LogP contribution in [0.25, 0.3) is 64.6 Å². The molecule has 2 unspecified atom stereocenters. The van der Waals surface area contributed by atoms with E-state index in [1.54, 1.807) is 0 Å². The molecule has 0 heteroatoms. The van der Waals surface area contributed by atoms with E-state index in [9.17, 15) is 0 Å². The monoisotopic (exact) mass is 534 g/mol. The van der Waals surface area contributed by atoms with Crippen LogP contribution in [0.5, 0.6) is 0 Å². The van der Waals surface area contributed by atoms with Gasteiger partial charge in [0.25, 0.3) is 0 Å². The summed E-state index contributed by atoms with van der Waals surface area (Å²) in [5, 5.41) is 16.2. The fourth-order valence-electron chi connectivity index (χ4n) is 7.70. The molecule has 0 spiro atoms. The summed E-state index contributed by atoms with van der Waals surface area (Å²) in [7, 11) is 0. The first kappa shape index (κ1) is 23.7. The summed E-state index contributed by atoms with van der Waals surface area (Å²) in [6.45, 7) is 4.71. The van der Waals surface area contributed by atoms with Gasteiger partial charge in [0.2, 0.25) is 0 Å². The zero-order chi connectivity index (χ0) is 27.9. The van der Waals surface area contributed by atoms with Crippen LogP contribution in [0.2, 0.25) is 0 Å². The molecular weight excluding hydrogens is 504 g/mol. The van der Waals surface area contributed by atoms with Gasteiger partial charge < -0.3 is 0 Å². The van der Waals surface area contributed by atoms with E-state index in [4.69, 9.17) is 0 Å². The van der Waals surface area contributed by atoms with Gasteiger partial charge in [-0.05, 0) is 86.9 Å². The zero-order valence-corrected chi connectivity index (χ0v) is 23.9. The Kier molecular flexibility index (Phi) is 4.96. The third-order valence-electron chi connectivity index (χ3n) is 9.99. The van der Waals surface area contributed by atoms with Crippen molar-refractivity contribution in [1.82, 2.24) is 0 Å². The van der Waals surface area contributed by atoms with Gasteiger partial charge in [0, 0.05) is 11.8 Å². The first-order valence-electron chi connectivity index (χ1n) is 15.1. The molecular formula is C42H30. The van der Waals surface area contributed by atoms with Crippen molar-refractivity contribution < 1.29 is 0 Å². The Morgan fingerprint density at radius 3 is 1.00 bits per heavy atom. The fourth-order valence-corrected chi connectivity index (χ4v) is 7.70. The van der Waals surface area contributed by atoms with Crippen LogP contribution in [0.1, 0.15) is 47.9 Å². The molecule has 0 amide bonds. The zero-order valence-electron chi connectivity index (χ0n) is 23.9. The summed E-state index contributed by atoms with van der Waals surface area (Å²) in [4.78, 5) is 0. The lowest BCUT2D eigenvalue weighted by Crippen LogP contribution is -2.01. The van der Waals surface area contributed by atoms with E-state index in [1.165, 1.54) is 86.9 Å². The van der Waals surface area contributed by atoms with Crippen molar-refractivity contribution in [2.75, 3.05) is 0 Å². The Morgan fingerprint density at radius 2 is 0.619 bits per heavy atom. The van der Waals surface area contributed by atoms with Crippen LogP contribution < -0.4 is 0 Å². The Bertz CT molecular complexity index is 2220. The second-order valence-electron chi connectivity index (χ2n) is 12.1. The lowest BCUT2D eigenvalue weighted by molar-refractivity contribution is 0.909. The maximum atomic E-state index is 2.35. The van der Waals surface area contributed by atoms with Crippen molar-refractivity contribution in [3.05, 3.63) is 156 Å². The van der Waals surface area contributed by atoms with Gasteiger partial charge in [0.05, 0.1) is 0 Å². The van der Waals surface area contributed by atoms with Crippen LogP contribution in [0, 0.1) is 0 Å². The summed E-state index contributed by atoms with van der Waals surface area (Å²) in [5.41, 5.74) is 5.51. The average molecular weight is 535 g/mol. The molecule has 0 radical (unpaired) electrons. The molecule has 0 saturated heterocycles. The van der Waals surface area contributed by atoms with Gasteiger partial charge in [-0.15, -0.1) is 0 Å². The molecule has 42 heavy (non-hydrogen) atoms. The second-order valence-corrected chi connectivity index (χ2v) is 12.1. The minimum Gasteiger partial charge on any atom is -0.0610 e. The van der Waals surface area contributed by atoms with E-state index in [-0.39, 0.29) is 0 Å². The first-order chi connectivity index (χ1) is 20.7. The minimum atomic E-state index is 0.300. The first-order valence-corrected chi connectivity index (χ1v) is 15.1. The predicted octanol–water partition coefficient (Wildman–Crippen LogP) is 11.8. The molecule has 0 aliphatic carbocycles. The standard InChI is InChI=1S/C42H30/c1-25(35-21-17-33-15-13-29-5-3-7-31-19-23-37(35)41(33)39(29)31)27-9-11-28(12-10-27)26(2)36-22-18-34-16-14-30-6-4-8-32-20-24-38(36)42(34)40(30)32/h3-26H,1-2H3. The largest absolute Gasteiger partial charge is 0.0610 e. The molecule has 0 N–H and O–H groups in total. The van der Waals surface area contributed by atoms with Gasteiger partial charge in [-0.25, -0.2) is 0 Å². The van der Waals surface area contributed by atoms with E-state index in [1.807, 2.05) is 0 Å². The molecule has 198 valence electrons. The van der Waals surface area contributed by atoms with E-state index in [0.717, 1.165) is 0 Å². The van der Waals surface area contributed by atoms with Crippen LogP contribution in [0.4, 0.5) is 0 Å². The molecule has 0 heterocycles. The van der Waals surface area contributed by atoms with Gasteiger partial charge in [-0.1, -0.05) is 147 Å². The summed E-state index contributed by atoms with van der Waals surface area (Å²) >= 11 is 0. The normalized spacial score (nSPS) is 13.8. The second kappa shape index (κ2) is 8.78. The lowest BCUT2D eigenvalue weighted by Gasteiger charge is -2.21. The van der Waals surface area contributed by atoms with Crippen molar-refractivity contribution in [3.8, 4) is 0 Å². The third kappa shape index (κ3) is 3.30. The maximum absolute atomic E-state index is 2.35. The van der Waals surface area contributed by atoms with E-state index in [2.05, 4.69) is 147 Å².